The molecule has 1 aliphatic heterocycles. The monoisotopic (exact) mass is 192 g/mol. The van der Waals surface area contributed by atoms with Crippen LogP contribution in [0.2, 0.25) is 0 Å². The number of nitrogens with one attached hydrogen (secondary N) is 2. The molecular weight excluding hydrogens is 180 g/mol. The summed E-state index contributed by atoms with van der Waals surface area (Å²) in [5, 5.41) is 7.08. The Hall–Kier alpha value is -1.09. The molecule has 2 N–H and O–H groups in total. The molecule has 2 nitrogen and oxygen atoms in total. The van der Waals surface area contributed by atoms with E-state index in [1.54, 1.807) is 0 Å². The largest absolute Gasteiger partial charge is 0.360 e. The molecule has 1 heterocycles. The van der Waals surface area contributed by atoms with E-state index in [1.807, 2.05) is 0 Å². The number of hydrogen-bond acceptors (Lipinski definition) is 1. The first-order chi connectivity index (χ1) is 6.25. The molecule has 0 saturated carbocycles. The molecule has 1 atom stereocenters. The summed E-state index contributed by atoms with van der Waals surface area (Å²) in [7, 11) is 0. The van der Waals surface area contributed by atoms with Gasteiger partial charge in [-0.2, -0.15) is 0 Å². The summed E-state index contributed by atoms with van der Waals surface area (Å²) in [6, 6.07) is 8.83. The van der Waals surface area contributed by atoms with Gasteiger partial charge in [0.2, 0.25) is 0 Å². The molecule has 0 bridgehead atoms. The van der Waals surface area contributed by atoms with Crippen molar-refractivity contribution in [3.05, 3.63) is 35.4 Å². The highest BCUT2D eigenvalue weighted by Crippen LogP contribution is 2.16. The topological polar surface area (TPSA) is 24.1 Å². The number of aryl methyl sites for hydroxylation is 1. The third-order valence-electron chi connectivity index (χ3n) is 2.22. The summed E-state index contributed by atoms with van der Waals surface area (Å²) in [6.45, 7) is 2.99. The molecule has 13 heavy (non-hydrogen) atoms. The summed E-state index contributed by atoms with van der Waals surface area (Å²) in [4.78, 5) is 0. The van der Waals surface area contributed by atoms with Gasteiger partial charge in [-0.05, 0) is 24.7 Å². The molecule has 0 radical (unpaired) electrons. The molecule has 1 unspecified atom stereocenters. The molecule has 68 valence electrons. The van der Waals surface area contributed by atoms with Gasteiger partial charge in [-0.3, -0.25) is 0 Å². The fourth-order valence-electron chi connectivity index (χ4n) is 1.54. The van der Waals surface area contributed by atoms with Gasteiger partial charge in [0.15, 0.2) is 5.11 Å². The molecule has 1 aromatic rings. The highest BCUT2D eigenvalue weighted by atomic mass is 32.1. The Balaban J connectivity index is 2.21. The number of rotatable bonds is 1. The van der Waals surface area contributed by atoms with E-state index in [0.717, 1.165) is 11.7 Å². The van der Waals surface area contributed by atoms with Crippen LogP contribution in [0.15, 0.2) is 24.3 Å². The van der Waals surface area contributed by atoms with Crippen LogP contribution in [-0.4, -0.2) is 11.7 Å². The van der Waals surface area contributed by atoms with Gasteiger partial charge in [-0.25, -0.2) is 0 Å². The summed E-state index contributed by atoms with van der Waals surface area (Å²) < 4.78 is 0. The predicted octanol–water partition coefficient (Wildman–Crippen LogP) is 1.51. The van der Waals surface area contributed by atoms with Crippen molar-refractivity contribution in [2.75, 3.05) is 6.54 Å². The first-order valence-corrected chi connectivity index (χ1v) is 4.77. The van der Waals surface area contributed by atoms with Gasteiger partial charge in [0.05, 0.1) is 6.04 Å². The third kappa shape index (κ3) is 1.80. The Morgan fingerprint density at radius 2 is 2.31 bits per heavy atom. The summed E-state index contributed by atoms with van der Waals surface area (Å²) in [5.74, 6) is 0. The Morgan fingerprint density at radius 1 is 1.46 bits per heavy atom. The standard InChI is InChI=1S/C10H12N2S/c1-7-3-2-4-8(5-7)9-6-11-10(13)12-9/h2-5,9H,6H2,1H3,(H2,11,12,13). The van der Waals surface area contributed by atoms with E-state index in [2.05, 4.69) is 41.8 Å². The van der Waals surface area contributed by atoms with E-state index < -0.39 is 0 Å². The minimum Gasteiger partial charge on any atom is -0.360 e. The Kier molecular flexibility index (Phi) is 2.19. The van der Waals surface area contributed by atoms with Crippen molar-refractivity contribution in [1.82, 2.24) is 10.6 Å². The van der Waals surface area contributed by atoms with Crippen molar-refractivity contribution in [1.29, 1.82) is 0 Å². The average molecular weight is 192 g/mol. The second-order valence-corrected chi connectivity index (χ2v) is 3.73. The van der Waals surface area contributed by atoms with Crippen LogP contribution in [0.1, 0.15) is 17.2 Å². The predicted molar refractivity (Wildman–Crippen MR) is 57.7 cm³/mol. The second kappa shape index (κ2) is 3.34. The van der Waals surface area contributed by atoms with Crippen molar-refractivity contribution < 1.29 is 0 Å². The third-order valence-corrected chi connectivity index (χ3v) is 2.48. The van der Waals surface area contributed by atoms with Crippen LogP contribution in [0.4, 0.5) is 0 Å². The fourth-order valence-corrected chi connectivity index (χ4v) is 1.77. The molecule has 0 aliphatic carbocycles. The van der Waals surface area contributed by atoms with Gasteiger partial charge < -0.3 is 10.6 Å². The van der Waals surface area contributed by atoms with Crippen LogP contribution < -0.4 is 10.6 Å². The van der Waals surface area contributed by atoms with E-state index in [-0.39, 0.29) is 0 Å². The van der Waals surface area contributed by atoms with Crippen molar-refractivity contribution in [2.24, 2.45) is 0 Å². The summed E-state index contributed by atoms with van der Waals surface area (Å²) in [5.41, 5.74) is 2.59. The summed E-state index contributed by atoms with van der Waals surface area (Å²) >= 11 is 5.01. The Morgan fingerprint density at radius 3 is 2.92 bits per heavy atom. The van der Waals surface area contributed by atoms with E-state index in [4.69, 9.17) is 12.2 Å². The number of thiocarbonyl (C=S) groups is 1. The van der Waals surface area contributed by atoms with E-state index in [9.17, 15) is 0 Å². The van der Waals surface area contributed by atoms with Crippen LogP contribution >= 0.6 is 12.2 Å². The van der Waals surface area contributed by atoms with Gasteiger partial charge in [-0.15, -0.1) is 0 Å². The lowest BCUT2D eigenvalue weighted by Gasteiger charge is -2.09. The summed E-state index contributed by atoms with van der Waals surface area (Å²) in [6.07, 6.45) is 0. The smallest absolute Gasteiger partial charge is 0.166 e. The van der Waals surface area contributed by atoms with Crippen LogP contribution in [0, 0.1) is 6.92 Å². The quantitative estimate of drug-likeness (QED) is 0.660. The first-order valence-electron chi connectivity index (χ1n) is 4.36. The number of hydrogen-bond donors (Lipinski definition) is 2. The second-order valence-electron chi connectivity index (χ2n) is 3.32. The number of benzene rings is 1. The molecule has 1 fully saturated rings. The molecule has 0 aromatic heterocycles. The van der Waals surface area contributed by atoms with E-state index >= 15 is 0 Å². The minimum absolute atomic E-state index is 0.340. The van der Waals surface area contributed by atoms with E-state index in [1.165, 1.54) is 11.1 Å². The highest BCUT2D eigenvalue weighted by molar-refractivity contribution is 7.80. The molecular formula is C10H12N2S. The fraction of sp³-hybridized carbons (Fsp3) is 0.300. The maximum Gasteiger partial charge on any atom is 0.166 e. The molecule has 3 heteroatoms. The molecule has 1 aromatic carbocycles. The first kappa shape index (κ1) is 8.51. The van der Waals surface area contributed by atoms with Gasteiger partial charge in [0.25, 0.3) is 0 Å². The van der Waals surface area contributed by atoms with Gasteiger partial charge in [-0.1, -0.05) is 29.8 Å². The lowest BCUT2D eigenvalue weighted by molar-refractivity contribution is 0.706. The van der Waals surface area contributed by atoms with Crippen molar-refractivity contribution in [2.45, 2.75) is 13.0 Å². The molecule has 1 aliphatic rings. The highest BCUT2D eigenvalue weighted by Gasteiger charge is 2.18. The van der Waals surface area contributed by atoms with Crippen LogP contribution in [0.3, 0.4) is 0 Å². The molecule has 0 amide bonds. The Bertz CT molecular complexity index is 335. The average Bonchev–Trinajstić information content (AvgIpc) is 2.52. The molecule has 0 spiro atoms. The van der Waals surface area contributed by atoms with Crippen molar-refractivity contribution >= 4 is 17.3 Å². The zero-order chi connectivity index (χ0) is 9.26. The maximum atomic E-state index is 5.01. The van der Waals surface area contributed by atoms with E-state index in [0.29, 0.717) is 6.04 Å². The van der Waals surface area contributed by atoms with Crippen molar-refractivity contribution in [3.8, 4) is 0 Å². The van der Waals surface area contributed by atoms with Gasteiger partial charge in [0, 0.05) is 6.54 Å². The Labute approximate surface area is 83.3 Å². The van der Waals surface area contributed by atoms with Gasteiger partial charge >= 0.3 is 0 Å². The van der Waals surface area contributed by atoms with Crippen LogP contribution in [0.5, 0.6) is 0 Å². The van der Waals surface area contributed by atoms with Gasteiger partial charge in [0.1, 0.15) is 0 Å². The zero-order valence-corrected chi connectivity index (χ0v) is 8.32. The lowest BCUT2D eigenvalue weighted by atomic mass is 10.1. The van der Waals surface area contributed by atoms with Crippen LogP contribution in [-0.2, 0) is 0 Å². The minimum atomic E-state index is 0.340. The maximum absolute atomic E-state index is 5.01. The van der Waals surface area contributed by atoms with Crippen LogP contribution in [0.25, 0.3) is 0 Å². The lowest BCUT2D eigenvalue weighted by Crippen LogP contribution is -2.21. The zero-order valence-electron chi connectivity index (χ0n) is 7.50. The SMILES string of the molecule is Cc1cccc(C2CNC(=S)N2)c1. The molecule has 2 rings (SSSR count). The van der Waals surface area contributed by atoms with Crippen molar-refractivity contribution in [3.63, 3.8) is 0 Å². The normalized spacial score (nSPS) is 21.0. The molecule has 1 saturated heterocycles.